The van der Waals surface area contributed by atoms with Gasteiger partial charge in [0, 0.05) is 5.75 Å². The number of hydrogen-bond acceptors (Lipinski definition) is 6. The third kappa shape index (κ3) is 3.86. The van der Waals surface area contributed by atoms with E-state index in [1.807, 2.05) is 19.9 Å². The molecule has 1 aromatic heterocycles. The molecule has 5 nitrogen and oxygen atoms in total. The molecular formula is C14H14N2O3S2. The maximum atomic E-state index is 12.1. The van der Waals surface area contributed by atoms with Gasteiger partial charge in [0.15, 0.2) is 9.84 Å². The minimum Gasteiger partial charge on any atom is -0.437 e. The summed E-state index contributed by atoms with van der Waals surface area (Å²) in [5.74, 6) is 1.10. The van der Waals surface area contributed by atoms with Crippen molar-refractivity contribution in [3.05, 3.63) is 41.3 Å². The Kier molecular flexibility index (Phi) is 4.70. The molecule has 0 atom stereocenters. The predicted octanol–water partition coefficient (Wildman–Crippen LogP) is 2.73. The molecule has 1 heterocycles. The van der Waals surface area contributed by atoms with Crippen molar-refractivity contribution >= 4 is 21.6 Å². The Bertz CT molecular complexity index is 752. The van der Waals surface area contributed by atoms with Crippen molar-refractivity contribution in [1.82, 2.24) is 4.98 Å². The molecule has 2 rings (SSSR count). The van der Waals surface area contributed by atoms with E-state index in [2.05, 4.69) is 4.98 Å². The molecule has 0 saturated carbocycles. The first-order valence-corrected chi connectivity index (χ1v) is 8.86. The van der Waals surface area contributed by atoms with E-state index in [-0.39, 0.29) is 10.6 Å². The Morgan fingerprint density at radius 3 is 2.48 bits per heavy atom. The van der Waals surface area contributed by atoms with Gasteiger partial charge < -0.3 is 4.42 Å². The maximum Gasteiger partial charge on any atom is 0.256 e. The van der Waals surface area contributed by atoms with E-state index >= 15 is 0 Å². The number of nitrogens with zero attached hydrogens (tertiary/aromatic N) is 2. The lowest BCUT2D eigenvalue weighted by molar-refractivity contribution is 0.431. The van der Waals surface area contributed by atoms with Gasteiger partial charge in [-0.05, 0) is 38.1 Å². The molecule has 0 amide bonds. The summed E-state index contributed by atoms with van der Waals surface area (Å²) in [6.07, 6.45) is 0. The van der Waals surface area contributed by atoms with E-state index < -0.39 is 9.84 Å². The van der Waals surface area contributed by atoms with Crippen LogP contribution >= 0.6 is 11.8 Å². The van der Waals surface area contributed by atoms with Crippen LogP contribution in [0.15, 0.2) is 38.8 Å². The molecule has 1 aromatic carbocycles. The van der Waals surface area contributed by atoms with Crippen LogP contribution in [0.5, 0.6) is 0 Å². The van der Waals surface area contributed by atoms with Crippen molar-refractivity contribution in [2.75, 3.05) is 11.5 Å². The first-order valence-electron chi connectivity index (χ1n) is 6.22. The lowest BCUT2D eigenvalue weighted by Crippen LogP contribution is -2.08. The van der Waals surface area contributed by atoms with Gasteiger partial charge in [0.25, 0.3) is 5.22 Å². The highest BCUT2D eigenvalue weighted by Gasteiger charge is 2.15. The van der Waals surface area contributed by atoms with E-state index in [4.69, 9.17) is 9.68 Å². The van der Waals surface area contributed by atoms with Crippen LogP contribution < -0.4 is 0 Å². The number of thioether (sulfide) groups is 1. The Hall–Kier alpha value is -1.78. The van der Waals surface area contributed by atoms with E-state index in [0.717, 1.165) is 11.5 Å². The fraction of sp³-hybridized carbons (Fsp3) is 0.286. The van der Waals surface area contributed by atoms with Gasteiger partial charge >= 0.3 is 0 Å². The molecule has 110 valence electrons. The van der Waals surface area contributed by atoms with Crippen LogP contribution in [0.1, 0.15) is 17.0 Å². The molecule has 7 heteroatoms. The molecule has 2 aromatic rings. The normalized spacial score (nSPS) is 11.3. The van der Waals surface area contributed by atoms with Gasteiger partial charge in [0.2, 0.25) is 0 Å². The fourth-order valence-corrected chi connectivity index (χ4v) is 4.16. The number of oxazole rings is 1. The summed E-state index contributed by atoms with van der Waals surface area (Å²) in [6.45, 7) is 3.66. The van der Waals surface area contributed by atoms with Crippen molar-refractivity contribution in [3.8, 4) is 6.07 Å². The van der Waals surface area contributed by atoms with Crippen molar-refractivity contribution in [1.29, 1.82) is 5.26 Å². The first-order chi connectivity index (χ1) is 9.92. The third-order valence-corrected chi connectivity index (χ3v) is 5.75. The quantitative estimate of drug-likeness (QED) is 0.787. The molecular weight excluding hydrogens is 308 g/mol. The van der Waals surface area contributed by atoms with Crippen LogP contribution in [0.3, 0.4) is 0 Å². The summed E-state index contributed by atoms with van der Waals surface area (Å²) >= 11 is 1.28. The van der Waals surface area contributed by atoms with Gasteiger partial charge in [-0.2, -0.15) is 5.26 Å². The van der Waals surface area contributed by atoms with E-state index in [1.54, 1.807) is 0 Å². The average Bonchev–Trinajstić information content (AvgIpc) is 2.77. The predicted molar refractivity (Wildman–Crippen MR) is 79.9 cm³/mol. The second-order valence-corrected chi connectivity index (χ2v) is 7.58. The minimum atomic E-state index is -3.36. The molecule has 0 spiro atoms. The van der Waals surface area contributed by atoms with Gasteiger partial charge in [0.05, 0.1) is 28.0 Å². The molecule has 0 bridgehead atoms. The van der Waals surface area contributed by atoms with E-state index in [9.17, 15) is 8.42 Å². The number of nitriles is 1. The molecule has 0 radical (unpaired) electrons. The van der Waals surface area contributed by atoms with Crippen molar-refractivity contribution in [2.24, 2.45) is 0 Å². The van der Waals surface area contributed by atoms with Gasteiger partial charge in [-0.3, -0.25) is 0 Å². The Balaban J connectivity index is 1.99. The summed E-state index contributed by atoms with van der Waals surface area (Å²) in [5, 5.41) is 9.19. The van der Waals surface area contributed by atoms with E-state index in [1.165, 1.54) is 36.0 Å². The molecule has 0 fully saturated rings. The monoisotopic (exact) mass is 322 g/mol. The number of hydrogen-bond donors (Lipinski definition) is 0. The van der Waals surface area contributed by atoms with E-state index in [0.29, 0.717) is 16.5 Å². The van der Waals surface area contributed by atoms with Crippen LogP contribution in [-0.2, 0) is 9.84 Å². The van der Waals surface area contributed by atoms with Crippen molar-refractivity contribution in [3.63, 3.8) is 0 Å². The van der Waals surface area contributed by atoms with Crippen LogP contribution in [0.4, 0.5) is 0 Å². The van der Waals surface area contributed by atoms with Gasteiger partial charge in [0.1, 0.15) is 5.76 Å². The maximum absolute atomic E-state index is 12.1. The van der Waals surface area contributed by atoms with Crippen LogP contribution in [-0.4, -0.2) is 24.9 Å². The second kappa shape index (κ2) is 6.33. The Morgan fingerprint density at radius 2 is 1.95 bits per heavy atom. The zero-order chi connectivity index (χ0) is 15.5. The number of sulfone groups is 1. The minimum absolute atomic E-state index is 0.00988. The summed E-state index contributed by atoms with van der Waals surface area (Å²) in [4.78, 5) is 4.41. The lowest BCUT2D eigenvalue weighted by Gasteiger charge is -2.03. The summed E-state index contributed by atoms with van der Waals surface area (Å²) in [5.41, 5.74) is 1.25. The van der Waals surface area contributed by atoms with Gasteiger partial charge in [-0.25, -0.2) is 13.4 Å². The molecule has 0 N–H and O–H groups in total. The highest BCUT2D eigenvalue weighted by Crippen LogP contribution is 2.21. The molecule has 21 heavy (non-hydrogen) atoms. The Labute approximate surface area is 127 Å². The van der Waals surface area contributed by atoms with Gasteiger partial charge in [-0.15, -0.1) is 0 Å². The highest BCUT2D eigenvalue weighted by atomic mass is 32.2. The Morgan fingerprint density at radius 1 is 1.29 bits per heavy atom. The lowest BCUT2D eigenvalue weighted by atomic mass is 10.2. The molecule has 0 aliphatic rings. The number of rotatable bonds is 5. The molecule has 0 unspecified atom stereocenters. The largest absolute Gasteiger partial charge is 0.437 e. The topological polar surface area (TPSA) is 84.0 Å². The molecule has 0 saturated heterocycles. The van der Waals surface area contributed by atoms with Gasteiger partial charge in [-0.1, -0.05) is 11.8 Å². The zero-order valence-corrected chi connectivity index (χ0v) is 13.3. The van der Waals surface area contributed by atoms with Crippen LogP contribution in [0, 0.1) is 25.2 Å². The molecule has 0 aliphatic carbocycles. The standard InChI is InChI=1S/C14H14N2O3S2/c1-10-11(2)19-14(16-10)20-7-8-21(17,18)13-5-3-12(9-15)4-6-13/h3-6H,7-8H2,1-2H3. The number of benzene rings is 1. The summed E-state index contributed by atoms with van der Waals surface area (Å²) < 4.78 is 29.7. The first kappa shape index (κ1) is 15.6. The fourth-order valence-electron chi connectivity index (χ4n) is 1.60. The molecule has 0 aliphatic heterocycles. The second-order valence-electron chi connectivity index (χ2n) is 4.42. The summed E-state index contributed by atoms with van der Waals surface area (Å²) in [6, 6.07) is 7.87. The van der Waals surface area contributed by atoms with Crippen molar-refractivity contribution < 1.29 is 12.8 Å². The van der Waals surface area contributed by atoms with Crippen molar-refractivity contribution in [2.45, 2.75) is 24.0 Å². The smallest absolute Gasteiger partial charge is 0.256 e. The SMILES string of the molecule is Cc1nc(SCCS(=O)(=O)c2ccc(C#N)cc2)oc1C. The average molecular weight is 322 g/mol. The number of aromatic nitrogens is 1. The van der Waals surface area contributed by atoms with Crippen LogP contribution in [0.25, 0.3) is 0 Å². The highest BCUT2D eigenvalue weighted by molar-refractivity contribution is 8.00. The van der Waals surface area contributed by atoms with Crippen LogP contribution in [0.2, 0.25) is 0 Å². The summed E-state index contributed by atoms with van der Waals surface area (Å²) in [7, 11) is -3.36. The zero-order valence-electron chi connectivity index (χ0n) is 11.7. The third-order valence-electron chi connectivity index (χ3n) is 2.93. The number of aryl methyl sites for hydroxylation is 2.